The Labute approximate surface area is 70.4 Å². The Hall–Kier alpha value is -0.520. The molecular formula is C5H5ClF4O2. The molecular weight excluding hydrogens is 203 g/mol. The minimum absolute atomic E-state index is 0.839. The smallest absolute Gasteiger partial charge is 0.437 e. The molecule has 0 aromatic heterocycles. The lowest BCUT2D eigenvalue weighted by Gasteiger charge is -2.19. The van der Waals surface area contributed by atoms with Crippen molar-refractivity contribution in [3.05, 3.63) is 0 Å². The normalized spacial score (nSPS) is 16.8. The van der Waals surface area contributed by atoms with Gasteiger partial charge < -0.3 is 4.74 Å². The third-order valence-corrected chi connectivity index (χ3v) is 1.36. The highest BCUT2D eigenvalue weighted by atomic mass is 35.5. The lowest BCUT2D eigenvalue weighted by atomic mass is 10.2. The third kappa shape index (κ3) is 2.84. The summed E-state index contributed by atoms with van der Waals surface area (Å²) in [5.74, 6) is -1.36. The molecule has 0 aromatic carbocycles. The van der Waals surface area contributed by atoms with E-state index in [1.54, 1.807) is 0 Å². The van der Waals surface area contributed by atoms with Crippen LogP contribution in [0.15, 0.2) is 0 Å². The summed E-state index contributed by atoms with van der Waals surface area (Å²) in [6.07, 6.45) is -6.82. The van der Waals surface area contributed by atoms with E-state index < -0.39 is 23.7 Å². The molecule has 72 valence electrons. The van der Waals surface area contributed by atoms with Crippen molar-refractivity contribution < 1.29 is 27.1 Å². The number of ether oxygens (including phenoxy) is 1. The van der Waals surface area contributed by atoms with Gasteiger partial charge >= 0.3 is 12.1 Å². The average molecular weight is 209 g/mol. The van der Waals surface area contributed by atoms with E-state index >= 15 is 0 Å². The predicted molar refractivity (Wildman–Crippen MR) is 32.4 cm³/mol. The van der Waals surface area contributed by atoms with Crippen LogP contribution in [-0.2, 0) is 9.53 Å². The SMILES string of the molecule is COC(=O)CC(F)(Cl)C(F)(F)F. The molecule has 0 aliphatic carbocycles. The molecule has 0 amide bonds. The fourth-order valence-corrected chi connectivity index (χ4v) is 0.463. The molecule has 1 unspecified atom stereocenters. The van der Waals surface area contributed by atoms with Crippen molar-refractivity contribution in [2.45, 2.75) is 17.7 Å². The number of methoxy groups -OCH3 is 1. The lowest BCUT2D eigenvalue weighted by molar-refractivity contribution is -0.204. The highest BCUT2D eigenvalue weighted by Crippen LogP contribution is 2.40. The molecule has 0 saturated carbocycles. The van der Waals surface area contributed by atoms with Crippen LogP contribution >= 0.6 is 11.6 Å². The molecule has 0 spiro atoms. The van der Waals surface area contributed by atoms with Gasteiger partial charge in [0.15, 0.2) is 0 Å². The Bertz CT molecular complexity index is 177. The highest BCUT2D eigenvalue weighted by molar-refractivity contribution is 6.24. The van der Waals surface area contributed by atoms with Gasteiger partial charge in [-0.3, -0.25) is 4.79 Å². The fourth-order valence-electron chi connectivity index (χ4n) is 0.354. The summed E-state index contributed by atoms with van der Waals surface area (Å²) < 4.78 is 51.0. The summed E-state index contributed by atoms with van der Waals surface area (Å²) in [6.45, 7) is 0. The van der Waals surface area contributed by atoms with Crippen LogP contribution in [0.2, 0.25) is 0 Å². The Balaban J connectivity index is 4.33. The maximum atomic E-state index is 12.4. The molecule has 0 bridgehead atoms. The van der Waals surface area contributed by atoms with Gasteiger partial charge in [-0.1, -0.05) is 11.6 Å². The number of alkyl halides is 5. The zero-order chi connectivity index (χ0) is 9.99. The Morgan fingerprint density at radius 3 is 2.08 bits per heavy atom. The van der Waals surface area contributed by atoms with Crippen LogP contribution in [0.25, 0.3) is 0 Å². The van der Waals surface area contributed by atoms with Crippen molar-refractivity contribution in [1.29, 1.82) is 0 Å². The van der Waals surface area contributed by atoms with E-state index in [2.05, 4.69) is 16.3 Å². The lowest BCUT2D eigenvalue weighted by Crippen LogP contribution is -2.37. The van der Waals surface area contributed by atoms with Gasteiger partial charge in [-0.05, 0) is 0 Å². The van der Waals surface area contributed by atoms with Crippen LogP contribution in [0.1, 0.15) is 6.42 Å². The van der Waals surface area contributed by atoms with Gasteiger partial charge in [0.2, 0.25) is 0 Å². The van der Waals surface area contributed by atoms with Crippen LogP contribution in [0.4, 0.5) is 17.6 Å². The maximum Gasteiger partial charge on any atom is 0.437 e. The number of rotatable bonds is 2. The summed E-state index contributed by atoms with van der Waals surface area (Å²) >= 11 is 4.39. The Morgan fingerprint density at radius 1 is 1.42 bits per heavy atom. The molecule has 0 radical (unpaired) electrons. The van der Waals surface area contributed by atoms with E-state index in [9.17, 15) is 22.4 Å². The third-order valence-electron chi connectivity index (χ3n) is 1.01. The molecule has 1 atom stereocenters. The molecule has 0 N–H and O–H groups in total. The van der Waals surface area contributed by atoms with E-state index in [4.69, 9.17) is 0 Å². The molecule has 12 heavy (non-hydrogen) atoms. The van der Waals surface area contributed by atoms with Gasteiger partial charge in [0.1, 0.15) is 6.42 Å². The van der Waals surface area contributed by atoms with Crippen LogP contribution in [-0.4, -0.2) is 24.4 Å². The summed E-state index contributed by atoms with van der Waals surface area (Å²) in [5, 5.41) is -4.04. The zero-order valence-corrected chi connectivity index (χ0v) is 6.67. The minimum atomic E-state index is -5.28. The summed E-state index contributed by atoms with van der Waals surface area (Å²) in [6, 6.07) is 0. The summed E-state index contributed by atoms with van der Waals surface area (Å²) in [4.78, 5) is 10.2. The van der Waals surface area contributed by atoms with Crippen LogP contribution < -0.4 is 0 Å². The second-order valence-corrected chi connectivity index (χ2v) is 2.55. The van der Waals surface area contributed by atoms with Gasteiger partial charge in [0, 0.05) is 0 Å². The largest absolute Gasteiger partial charge is 0.469 e. The van der Waals surface area contributed by atoms with E-state index in [1.807, 2.05) is 0 Å². The Kier molecular flexibility index (Phi) is 3.32. The zero-order valence-electron chi connectivity index (χ0n) is 5.91. The molecule has 0 fully saturated rings. The predicted octanol–water partition coefficient (Wildman–Crippen LogP) is 2.02. The first-order chi connectivity index (χ1) is 5.20. The fraction of sp³-hybridized carbons (Fsp3) is 0.800. The quantitative estimate of drug-likeness (QED) is 0.394. The van der Waals surface area contributed by atoms with E-state index in [0.717, 1.165) is 7.11 Å². The van der Waals surface area contributed by atoms with Crippen LogP contribution in [0.5, 0.6) is 0 Å². The van der Waals surface area contributed by atoms with Crippen LogP contribution in [0, 0.1) is 0 Å². The van der Waals surface area contributed by atoms with E-state index in [0.29, 0.717) is 0 Å². The van der Waals surface area contributed by atoms with Gasteiger partial charge in [-0.15, -0.1) is 0 Å². The highest BCUT2D eigenvalue weighted by Gasteiger charge is 2.56. The average Bonchev–Trinajstić information content (AvgIpc) is 1.84. The monoisotopic (exact) mass is 208 g/mol. The number of carbonyl (C=O) groups is 1. The molecule has 2 nitrogen and oxygen atoms in total. The number of hydrogen-bond acceptors (Lipinski definition) is 2. The Morgan fingerprint density at radius 2 is 1.83 bits per heavy atom. The molecule has 0 saturated heterocycles. The van der Waals surface area contributed by atoms with E-state index in [-0.39, 0.29) is 0 Å². The first kappa shape index (κ1) is 11.5. The minimum Gasteiger partial charge on any atom is -0.469 e. The molecule has 0 aliphatic rings. The van der Waals surface area contributed by atoms with Crippen molar-refractivity contribution in [2.24, 2.45) is 0 Å². The first-order valence-corrected chi connectivity index (χ1v) is 3.10. The van der Waals surface area contributed by atoms with Crippen molar-refractivity contribution >= 4 is 17.6 Å². The van der Waals surface area contributed by atoms with Gasteiger partial charge in [-0.25, -0.2) is 4.39 Å². The summed E-state index contributed by atoms with van der Waals surface area (Å²) in [5.41, 5.74) is 0. The first-order valence-electron chi connectivity index (χ1n) is 2.72. The second kappa shape index (κ2) is 3.47. The van der Waals surface area contributed by atoms with Gasteiger partial charge in [0.25, 0.3) is 5.13 Å². The van der Waals surface area contributed by atoms with Gasteiger partial charge in [-0.2, -0.15) is 13.2 Å². The standard InChI is InChI=1S/C5H5ClF4O2/c1-12-3(11)2-4(6,7)5(8,9)10/h2H2,1H3. The topological polar surface area (TPSA) is 26.3 Å². The van der Waals surface area contributed by atoms with Crippen molar-refractivity contribution in [3.8, 4) is 0 Å². The van der Waals surface area contributed by atoms with Crippen LogP contribution in [0.3, 0.4) is 0 Å². The number of esters is 1. The molecule has 7 heteroatoms. The van der Waals surface area contributed by atoms with E-state index in [1.165, 1.54) is 0 Å². The molecule has 0 rings (SSSR count). The maximum absolute atomic E-state index is 12.4. The number of carbonyl (C=O) groups excluding carboxylic acids is 1. The number of halogens is 5. The van der Waals surface area contributed by atoms with Gasteiger partial charge in [0.05, 0.1) is 7.11 Å². The van der Waals surface area contributed by atoms with Crippen molar-refractivity contribution in [1.82, 2.24) is 0 Å². The van der Waals surface area contributed by atoms with Crippen molar-refractivity contribution in [3.63, 3.8) is 0 Å². The molecule has 0 aliphatic heterocycles. The van der Waals surface area contributed by atoms with Crippen molar-refractivity contribution in [2.75, 3.05) is 7.11 Å². The summed E-state index contributed by atoms with van der Waals surface area (Å²) in [7, 11) is 0.839. The second-order valence-electron chi connectivity index (χ2n) is 1.96. The molecule has 0 heterocycles. The number of hydrogen-bond donors (Lipinski definition) is 0. The molecule has 0 aromatic rings.